The monoisotopic (exact) mass is 392 g/mol. The van der Waals surface area contributed by atoms with Gasteiger partial charge < -0.3 is 24.8 Å². The number of carbonyl (C=O) groups is 3. The van der Waals surface area contributed by atoms with Gasteiger partial charge in [-0.15, -0.1) is 0 Å². The van der Waals surface area contributed by atoms with Gasteiger partial charge in [-0.2, -0.15) is 0 Å². The summed E-state index contributed by atoms with van der Waals surface area (Å²) in [5.41, 5.74) is 0.268. The molecule has 0 aliphatic carbocycles. The van der Waals surface area contributed by atoms with Crippen LogP contribution in [-0.2, 0) is 14.3 Å². The number of hydrogen-bond acceptors (Lipinski definition) is 6. The van der Waals surface area contributed by atoms with E-state index in [1.54, 1.807) is 6.07 Å². The molecule has 0 saturated carbocycles. The van der Waals surface area contributed by atoms with Crippen LogP contribution in [0.5, 0.6) is 11.5 Å². The lowest BCUT2D eigenvalue weighted by molar-refractivity contribution is -0.146. The van der Waals surface area contributed by atoms with E-state index in [4.69, 9.17) is 14.2 Å². The Morgan fingerprint density at radius 3 is 2.57 bits per heavy atom. The van der Waals surface area contributed by atoms with E-state index in [1.165, 1.54) is 12.1 Å². The summed E-state index contributed by atoms with van der Waals surface area (Å²) in [6, 6.07) is 7.34. The summed E-state index contributed by atoms with van der Waals surface area (Å²) >= 11 is 0. The highest BCUT2D eigenvalue weighted by Gasteiger charge is 2.17. The molecule has 0 saturated heterocycles. The van der Waals surface area contributed by atoms with Crippen LogP contribution in [0.1, 0.15) is 10.4 Å². The smallest absolute Gasteiger partial charge is 0.325 e. The van der Waals surface area contributed by atoms with E-state index in [1.807, 2.05) is 0 Å². The first-order valence-corrected chi connectivity index (χ1v) is 8.01. The number of anilines is 1. The van der Waals surface area contributed by atoms with Crippen molar-refractivity contribution in [2.45, 2.75) is 0 Å². The zero-order valence-corrected chi connectivity index (χ0v) is 14.3. The van der Waals surface area contributed by atoms with E-state index in [0.717, 1.165) is 18.2 Å². The first kappa shape index (κ1) is 19.1. The Morgan fingerprint density at radius 1 is 1.00 bits per heavy atom. The van der Waals surface area contributed by atoms with Gasteiger partial charge >= 0.3 is 5.97 Å². The summed E-state index contributed by atoms with van der Waals surface area (Å²) in [4.78, 5) is 35.3. The maximum atomic E-state index is 13.1. The topological polar surface area (TPSA) is 103 Å². The SMILES string of the molecule is O=C(COC(=O)CNC(=O)c1ccc2c(c1)OCO2)Nc1ccc(F)c(F)c1. The normalized spacial score (nSPS) is 11.6. The standard InChI is InChI=1S/C18H14F2N2O6/c19-12-3-2-11(6-13(12)20)22-16(23)8-26-17(24)7-21-18(25)10-1-4-14-15(5-10)28-9-27-14/h1-6H,7-9H2,(H,21,25)(H,22,23). The minimum absolute atomic E-state index is 0.0102. The quantitative estimate of drug-likeness (QED) is 0.724. The molecule has 0 atom stereocenters. The molecule has 1 heterocycles. The van der Waals surface area contributed by atoms with Crippen LogP contribution >= 0.6 is 0 Å². The summed E-state index contributed by atoms with van der Waals surface area (Å²) < 4.78 is 40.9. The Kier molecular flexibility index (Phi) is 5.68. The van der Waals surface area contributed by atoms with Gasteiger partial charge in [0.2, 0.25) is 6.79 Å². The molecular formula is C18H14F2N2O6. The van der Waals surface area contributed by atoms with Crippen LogP contribution in [-0.4, -0.2) is 37.7 Å². The summed E-state index contributed by atoms with van der Waals surface area (Å²) in [7, 11) is 0. The van der Waals surface area contributed by atoms with Crippen molar-refractivity contribution in [1.29, 1.82) is 0 Å². The summed E-state index contributed by atoms with van der Waals surface area (Å²) in [5, 5.41) is 4.59. The Morgan fingerprint density at radius 2 is 1.79 bits per heavy atom. The van der Waals surface area contributed by atoms with E-state index < -0.39 is 42.6 Å². The molecule has 2 aromatic rings. The largest absolute Gasteiger partial charge is 0.454 e. The number of halogens is 2. The zero-order valence-electron chi connectivity index (χ0n) is 14.3. The molecule has 28 heavy (non-hydrogen) atoms. The van der Waals surface area contributed by atoms with Gasteiger partial charge in [-0.3, -0.25) is 14.4 Å². The van der Waals surface area contributed by atoms with Crippen molar-refractivity contribution in [1.82, 2.24) is 5.32 Å². The molecule has 0 radical (unpaired) electrons. The second kappa shape index (κ2) is 8.33. The number of benzene rings is 2. The van der Waals surface area contributed by atoms with Crippen LogP contribution in [0.3, 0.4) is 0 Å². The molecule has 1 aliphatic heterocycles. The van der Waals surface area contributed by atoms with E-state index in [9.17, 15) is 23.2 Å². The molecule has 0 aromatic heterocycles. The molecule has 2 N–H and O–H groups in total. The average molecular weight is 392 g/mol. The van der Waals surface area contributed by atoms with Crippen molar-refractivity contribution < 1.29 is 37.4 Å². The molecule has 0 bridgehead atoms. The lowest BCUT2D eigenvalue weighted by atomic mass is 10.2. The molecule has 3 rings (SSSR count). The van der Waals surface area contributed by atoms with Crippen molar-refractivity contribution in [3.8, 4) is 11.5 Å². The molecule has 0 spiro atoms. The fourth-order valence-electron chi connectivity index (χ4n) is 2.26. The highest BCUT2D eigenvalue weighted by atomic mass is 19.2. The lowest BCUT2D eigenvalue weighted by Gasteiger charge is -2.08. The van der Waals surface area contributed by atoms with Crippen LogP contribution < -0.4 is 20.1 Å². The molecule has 0 unspecified atom stereocenters. The van der Waals surface area contributed by atoms with Gasteiger partial charge in [-0.05, 0) is 30.3 Å². The summed E-state index contributed by atoms with van der Waals surface area (Å²) in [6.45, 7) is -1.05. The first-order valence-electron chi connectivity index (χ1n) is 8.01. The van der Waals surface area contributed by atoms with Crippen LogP contribution in [0, 0.1) is 11.6 Å². The molecule has 2 aromatic carbocycles. The van der Waals surface area contributed by atoms with Crippen molar-refractivity contribution in [2.24, 2.45) is 0 Å². The van der Waals surface area contributed by atoms with Gasteiger partial charge in [0, 0.05) is 17.3 Å². The third-order valence-corrected chi connectivity index (χ3v) is 3.60. The Bertz CT molecular complexity index is 934. The predicted molar refractivity (Wildman–Crippen MR) is 90.8 cm³/mol. The number of carbonyl (C=O) groups excluding carboxylic acids is 3. The minimum atomic E-state index is -1.12. The number of ether oxygens (including phenoxy) is 3. The van der Waals surface area contributed by atoms with E-state index >= 15 is 0 Å². The second-order valence-corrected chi connectivity index (χ2v) is 5.59. The van der Waals surface area contributed by atoms with E-state index in [-0.39, 0.29) is 18.0 Å². The van der Waals surface area contributed by atoms with Crippen molar-refractivity contribution in [3.63, 3.8) is 0 Å². The van der Waals surface area contributed by atoms with Gasteiger partial charge in [0.15, 0.2) is 29.7 Å². The molecule has 146 valence electrons. The van der Waals surface area contributed by atoms with E-state index in [0.29, 0.717) is 11.5 Å². The number of esters is 1. The van der Waals surface area contributed by atoms with Crippen LogP contribution in [0.15, 0.2) is 36.4 Å². The predicted octanol–water partition coefficient (Wildman–Crippen LogP) is 1.61. The number of amides is 2. The van der Waals surface area contributed by atoms with Crippen molar-refractivity contribution in [3.05, 3.63) is 53.6 Å². The van der Waals surface area contributed by atoms with E-state index in [2.05, 4.69) is 10.6 Å². The maximum Gasteiger partial charge on any atom is 0.325 e. The number of hydrogen-bond donors (Lipinski definition) is 2. The van der Waals surface area contributed by atoms with Gasteiger partial charge in [0.1, 0.15) is 6.54 Å². The molecule has 2 amide bonds. The third-order valence-electron chi connectivity index (χ3n) is 3.60. The third kappa shape index (κ3) is 4.72. The van der Waals surface area contributed by atoms with Crippen LogP contribution in [0.4, 0.5) is 14.5 Å². The maximum absolute atomic E-state index is 13.1. The van der Waals surface area contributed by atoms with Crippen LogP contribution in [0.2, 0.25) is 0 Å². The minimum Gasteiger partial charge on any atom is -0.454 e. The summed E-state index contributed by atoms with van der Waals surface area (Å²) in [5.74, 6) is -3.38. The lowest BCUT2D eigenvalue weighted by Crippen LogP contribution is -2.32. The van der Waals surface area contributed by atoms with Crippen molar-refractivity contribution in [2.75, 3.05) is 25.3 Å². The number of rotatable bonds is 6. The van der Waals surface area contributed by atoms with Crippen LogP contribution in [0.25, 0.3) is 0 Å². The number of nitrogens with one attached hydrogen (secondary N) is 2. The van der Waals surface area contributed by atoms with Crippen molar-refractivity contribution >= 4 is 23.5 Å². The molecule has 8 nitrogen and oxygen atoms in total. The highest BCUT2D eigenvalue weighted by molar-refractivity contribution is 5.97. The fourth-order valence-corrected chi connectivity index (χ4v) is 2.26. The first-order chi connectivity index (χ1) is 13.4. The van der Waals surface area contributed by atoms with Gasteiger partial charge in [0.05, 0.1) is 0 Å². The molecule has 0 fully saturated rings. The zero-order chi connectivity index (χ0) is 20.1. The van der Waals surface area contributed by atoms with Gasteiger partial charge in [0.25, 0.3) is 11.8 Å². The summed E-state index contributed by atoms with van der Waals surface area (Å²) in [6.07, 6.45) is 0. The molecule has 10 heteroatoms. The molecular weight excluding hydrogens is 378 g/mol. The van der Waals surface area contributed by atoms with Gasteiger partial charge in [-0.25, -0.2) is 8.78 Å². The Balaban J connectivity index is 1.42. The molecule has 1 aliphatic rings. The Hall–Kier alpha value is -3.69. The second-order valence-electron chi connectivity index (χ2n) is 5.59. The highest BCUT2D eigenvalue weighted by Crippen LogP contribution is 2.32. The average Bonchev–Trinajstić information content (AvgIpc) is 3.15. The van der Waals surface area contributed by atoms with Gasteiger partial charge in [-0.1, -0.05) is 0 Å². The Labute approximate surface area is 157 Å². The fraction of sp³-hybridized carbons (Fsp3) is 0.167. The number of fused-ring (bicyclic) bond motifs is 1.